The van der Waals surface area contributed by atoms with Crippen LogP contribution >= 0.6 is 69.6 Å². The van der Waals surface area contributed by atoms with Crippen LogP contribution in [0.2, 0.25) is 0 Å². The lowest BCUT2D eigenvalue weighted by molar-refractivity contribution is 0.0926. The molecule has 3 aromatic rings. The summed E-state index contributed by atoms with van der Waals surface area (Å²) in [4.78, 5) is 38.9. The average Bonchev–Trinajstić information content (AvgIpc) is 2.97. The second kappa shape index (κ2) is 8.03. The first-order valence-corrected chi connectivity index (χ1v) is 10.7. The predicted molar refractivity (Wildman–Crippen MR) is 121 cm³/mol. The van der Waals surface area contributed by atoms with Crippen molar-refractivity contribution in [2.24, 2.45) is 0 Å². The number of imide groups is 1. The number of anilines is 1. The third kappa shape index (κ3) is 4.33. The van der Waals surface area contributed by atoms with Gasteiger partial charge in [0.05, 0.1) is 16.8 Å². The number of nitrogens with zero attached hydrogens (tertiary/aromatic N) is 4. The van der Waals surface area contributed by atoms with Crippen LogP contribution in [0.25, 0.3) is 11.4 Å². The van der Waals surface area contributed by atoms with Gasteiger partial charge in [0.1, 0.15) is 0 Å². The topological polar surface area (TPSA) is 76.1 Å². The van der Waals surface area contributed by atoms with Gasteiger partial charge in [0.2, 0.25) is 7.59 Å². The molecule has 158 valence electrons. The molecule has 2 heterocycles. The Labute approximate surface area is 206 Å². The van der Waals surface area contributed by atoms with Crippen molar-refractivity contribution in [3.63, 3.8) is 0 Å². The maximum Gasteiger partial charge on any atom is 0.266 e. The van der Waals surface area contributed by atoms with Crippen molar-refractivity contribution < 1.29 is 9.59 Å². The molecule has 0 bridgehead atoms. The van der Waals surface area contributed by atoms with E-state index < -0.39 is 19.4 Å². The summed E-state index contributed by atoms with van der Waals surface area (Å²) in [6.45, 7) is 0. The van der Waals surface area contributed by atoms with Gasteiger partial charge in [0, 0.05) is 5.56 Å². The van der Waals surface area contributed by atoms with Crippen LogP contribution in [-0.2, 0) is 7.59 Å². The van der Waals surface area contributed by atoms with Crippen molar-refractivity contribution in [2.45, 2.75) is 7.59 Å². The molecule has 6 nitrogen and oxygen atoms in total. The van der Waals surface area contributed by atoms with E-state index in [0.29, 0.717) is 22.4 Å². The molecule has 0 radical (unpaired) electrons. The minimum atomic E-state index is -2.01. The van der Waals surface area contributed by atoms with Crippen molar-refractivity contribution in [2.75, 3.05) is 4.90 Å². The minimum Gasteiger partial charge on any atom is -0.268 e. The highest BCUT2D eigenvalue weighted by Gasteiger charge is 2.37. The monoisotopic (exact) mass is 534 g/mol. The van der Waals surface area contributed by atoms with Crippen LogP contribution < -0.4 is 4.90 Å². The number of rotatable bonds is 2. The minimum absolute atomic E-state index is 0.0242. The summed E-state index contributed by atoms with van der Waals surface area (Å²) in [5, 5.41) is 0. The Morgan fingerprint density at radius 2 is 1.19 bits per heavy atom. The Morgan fingerprint density at radius 3 is 1.68 bits per heavy atom. The standard InChI is InChI=1S/C19H8Cl6N4O2/c20-18(21,22)16-26-13(27-17(28-16)19(23,24)25)9-4-3-5-10(8-9)29-14(30)11-6-1-2-7-12(11)15(29)31/h1-8H. The Morgan fingerprint density at radius 1 is 0.677 bits per heavy atom. The Balaban J connectivity index is 1.81. The van der Waals surface area contributed by atoms with E-state index in [1.807, 2.05) is 0 Å². The van der Waals surface area contributed by atoms with Gasteiger partial charge in [-0.3, -0.25) is 9.59 Å². The zero-order chi connectivity index (χ0) is 22.6. The van der Waals surface area contributed by atoms with Gasteiger partial charge in [-0.2, -0.15) is 0 Å². The first kappa shape index (κ1) is 22.5. The van der Waals surface area contributed by atoms with Crippen molar-refractivity contribution >= 4 is 87.1 Å². The summed E-state index contributed by atoms with van der Waals surface area (Å²) < 4.78 is -4.02. The van der Waals surface area contributed by atoms with Crippen LogP contribution in [-0.4, -0.2) is 26.8 Å². The van der Waals surface area contributed by atoms with E-state index in [1.165, 1.54) is 6.07 Å². The van der Waals surface area contributed by atoms with Crippen molar-refractivity contribution in [3.8, 4) is 11.4 Å². The number of carbonyl (C=O) groups excluding carboxylic acids is 2. The summed E-state index contributed by atoms with van der Waals surface area (Å²) in [6, 6.07) is 12.9. The number of amides is 2. The molecule has 0 fully saturated rings. The molecule has 31 heavy (non-hydrogen) atoms. The summed E-state index contributed by atoms with van der Waals surface area (Å²) in [7, 11) is 0. The molecule has 0 atom stereocenters. The highest BCUT2D eigenvalue weighted by molar-refractivity contribution is 6.67. The molecule has 2 aromatic carbocycles. The molecule has 0 aliphatic carbocycles. The fourth-order valence-corrected chi connectivity index (χ4v) is 3.47. The molecule has 12 heteroatoms. The van der Waals surface area contributed by atoms with Gasteiger partial charge >= 0.3 is 0 Å². The number of benzene rings is 2. The van der Waals surface area contributed by atoms with Crippen LogP contribution in [0, 0.1) is 0 Å². The van der Waals surface area contributed by atoms with E-state index in [4.69, 9.17) is 69.6 Å². The molecular formula is C19H8Cl6N4O2. The van der Waals surface area contributed by atoms with Gasteiger partial charge in [-0.25, -0.2) is 19.9 Å². The predicted octanol–water partition coefficient (Wildman–Crippen LogP) is 5.99. The lowest BCUT2D eigenvalue weighted by atomic mass is 10.1. The van der Waals surface area contributed by atoms with Crippen molar-refractivity contribution in [3.05, 3.63) is 71.3 Å². The second-order valence-corrected chi connectivity index (χ2v) is 10.9. The van der Waals surface area contributed by atoms with Crippen LogP contribution in [0.1, 0.15) is 32.4 Å². The number of carbonyl (C=O) groups is 2. The fraction of sp³-hybridized carbons (Fsp3) is 0.105. The molecule has 0 saturated carbocycles. The molecule has 4 rings (SSSR count). The molecule has 0 unspecified atom stereocenters. The second-order valence-electron chi connectivity index (χ2n) is 6.34. The number of aromatic nitrogens is 3. The lowest BCUT2D eigenvalue weighted by Crippen LogP contribution is -2.29. The van der Waals surface area contributed by atoms with Crippen molar-refractivity contribution in [1.82, 2.24) is 15.0 Å². The lowest BCUT2D eigenvalue weighted by Gasteiger charge is -2.17. The Bertz CT molecular complexity index is 1160. The van der Waals surface area contributed by atoms with Crippen LogP contribution in [0.3, 0.4) is 0 Å². The zero-order valence-electron chi connectivity index (χ0n) is 15.0. The summed E-state index contributed by atoms with van der Waals surface area (Å²) >= 11 is 35.5. The summed E-state index contributed by atoms with van der Waals surface area (Å²) in [6.07, 6.45) is 0. The first-order valence-electron chi connectivity index (χ1n) is 8.45. The van der Waals surface area contributed by atoms with Gasteiger partial charge in [-0.05, 0) is 24.3 Å². The average molecular weight is 537 g/mol. The smallest absolute Gasteiger partial charge is 0.266 e. The molecule has 1 aliphatic rings. The third-order valence-corrected chi connectivity index (χ3v) is 5.31. The van der Waals surface area contributed by atoms with Gasteiger partial charge in [0.25, 0.3) is 11.8 Å². The molecule has 0 saturated heterocycles. The number of alkyl halides is 6. The molecule has 2 amide bonds. The van der Waals surface area contributed by atoms with E-state index in [2.05, 4.69) is 15.0 Å². The molecule has 0 N–H and O–H groups in total. The van der Waals surface area contributed by atoms with Crippen molar-refractivity contribution in [1.29, 1.82) is 0 Å². The molecular weight excluding hydrogens is 529 g/mol. The summed E-state index contributed by atoms with van der Waals surface area (Å²) in [5.74, 6) is -1.38. The number of halogens is 6. The molecule has 1 aromatic heterocycles. The number of hydrogen-bond acceptors (Lipinski definition) is 5. The van der Waals surface area contributed by atoms with Gasteiger partial charge in [-0.1, -0.05) is 93.9 Å². The maximum atomic E-state index is 12.8. The van der Waals surface area contributed by atoms with Gasteiger partial charge in [-0.15, -0.1) is 0 Å². The van der Waals surface area contributed by atoms with Gasteiger partial charge in [0.15, 0.2) is 17.5 Å². The fourth-order valence-electron chi connectivity index (χ4n) is 2.97. The molecule has 1 aliphatic heterocycles. The highest BCUT2D eigenvalue weighted by Crippen LogP contribution is 2.41. The van der Waals surface area contributed by atoms with E-state index in [1.54, 1.807) is 42.5 Å². The van der Waals surface area contributed by atoms with Gasteiger partial charge < -0.3 is 0 Å². The normalized spacial score (nSPS) is 14.2. The Kier molecular flexibility index (Phi) is 5.83. The summed E-state index contributed by atoms with van der Waals surface area (Å²) in [5.41, 5.74) is 1.31. The molecule has 0 spiro atoms. The van der Waals surface area contributed by atoms with Crippen LogP contribution in [0.5, 0.6) is 0 Å². The zero-order valence-corrected chi connectivity index (χ0v) is 19.5. The highest BCUT2D eigenvalue weighted by atomic mass is 35.6. The number of fused-ring (bicyclic) bond motifs is 1. The maximum absolute atomic E-state index is 12.8. The van der Waals surface area contributed by atoms with E-state index in [0.717, 1.165) is 4.90 Å². The number of hydrogen-bond donors (Lipinski definition) is 0. The first-order chi connectivity index (χ1) is 14.5. The quantitative estimate of drug-likeness (QED) is 0.297. The van der Waals surface area contributed by atoms with E-state index in [9.17, 15) is 9.59 Å². The van der Waals surface area contributed by atoms with E-state index in [-0.39, 0.29) is 17.5 Å². The van der Waals surface area contributed by atoms with E-state index >= 15 is 0 Å². The SMILES string of the molecule is O=C1c2ccccc2C(=O)N1c1cccc(-c2nc(C(Cl)(Cl)Cl)nc(C(Cl)(Cl)Cl)n2)c1. The third-order valence-electron chi connectivity index (χ3n) is 4.30. The largest absolute Gasteiger partial charge is 0.268 e. The van der Waals surface area contributed by atoms with Crippen LogP contribution in [0.15, 0.2) is 48.5 Å². The van der Waals surface area contributed by atoms with Crippen LogP contribution in [0.4, 0.5) is 5.69 Å². The Hall–Kier alpha value is -1.67.